The fourth-order valence-electron chi connectivity index (χ4n) is 3.64. The Bertz CT molecular complexity index is 815. The predicted octanol–water partition coefficient (Wildman–Crippen LogP) is 4.23. The predicted molar refractivity (Wildman–Crippen MR) is 113 cm³/mol. The normalized spacial score (nSPS) is 17.7. The summed E-state index contributed by atoms with van der Waals surface area (Å²) >= 11 is 7.45. The van der Waals surface area contributed by atoms with E-state index in [4.69, 9.17) is 11.6 Å². The van der Waals surface area contributed by atoms with Crippen LogP contribution in [0.2, 0.25) is 5.02 Å². The summed E-state index contributed by atoms with van der Waals surface area (Å²) in [5.74, 6) is 1.34. The van der Waals surface area contributed by atoms with E-state index in [0.717, 1.165) is 36.2 Å². The van der Waals surface area contributed by atoms with Crippen LogP contribution < -0.4 is 10.2 Å². The summed E-state index contributed by atoms with van der Waals surface area (Å²) in [5.41, 5.74) is 1.07. The number of benzene rings is 1. The largest absolute Gasteiger partial charge is 0.349 e. The lowest BCUT2D eigenvalue weighted by Gasteiger charge is -2.19. The van der Waals surface area contributed by atoms with Crippen LogP contribution in [-0.2, 0) is 4.79 Å². The first-order chi connectivity index (χ1) is 13.7. The lowest BCUT2D eigenvalue weighted by molar-refractivity contribution is -0.119. The van der Waals surface area contributed by atoms with Crippen molar-refractivity contribution in [2.75, 3.05) is 23.7 Å². The fraction of sp³-hybridized carbons (Fsp3) is 0.550. The molecule has 28 heavy (non-hydrogen) atoms. The Morgan fingerprint density at radius 2 is 1.96 bits per heavy atom. The molecule has 2 fully saturated rings. The standard InChI is InChI=1S/C20H26ClN5OS/c1-2-17(14-5-7-15(21)8-6-14)22-18(27)13-28-20-24-23-19(25-11-3-4-12-25)26(20)16-9-10-16/h5-8,16-17H,2-4,9-13H2,1H3,(H,22,27). The Labute approximate surface area is 175 Å². The van der Waals surface area contributed by atoms with Gasteiger partial charge >= 0.3 is 0 Å². The van der Waals surface area contributed by atoms with Crippen molar-refractivity contribution in [2.24, 2.45) is 0 Å². The summed E-state index contributed by atoms with van der Waals surface area (Å²) in [7, 11) is 0. The molecule has 150 valence electrons. The van der Waals surface area contributed by atoms with Gasteiger partial charge in [-0.25, -0.2) is 0 Å². The Kier molecular flexibility index (Phi) is 6.11. The van der Waals surface area contributed by atoms with Gasteiger partial charge in [0.2, 0.25) is 11.9 Å². The Balaban J connectivity index is 1.38. The molecule has 1 amide bonds. The second-order valence-corrected chi connectivity index (χ2v) is 8.83. The summed E-state index contributed by atoms with van der Waals surface area (Å²) in [4.78, 5) is 14.9. The summed E-state index contributed by atoms with van der Waals surface area (Å²) in [6.45, 7) is 4.17. The zero-order valence-corrected chi connectivity index (χ0v) is 17.7. The SMILES string of the molecule is CCC(NC(=O)CSc1nnc(N2CCCC2)n1C1CC1)c1ccc(Cl)cc1. The number of rotatable bonds is 8. The molecule has 4 rings (SSSR count). The minimum Gasteiger partial charge on any atom is -0.349 e. The monoisotopic (exact) mass is 419 g/mol. The molecule has 2 aromatic rings. The van der Waals surface area contributed by atoms with E-state index in [0.29, 0.717) is 16.8 Å². The van der Waals surface area contributed by atoms with Gasteiger partial charge in [0.15, 0.2) is 5.16 Å². The van der Waals surface area contributed by atoms with Crippen molar-refractivity contribution in [3.8, 4) is 0 Å². The molecule has 1 saturated heterocycles. The van der Waals surface area contributed by atoms with Gasteiger partial charge in [0.25, 0.3) is 0 Å². The molecular formula is C20H26ClN5OS. The molecular weight excluding hydrogens is 394 g/mol. The molecule has 1 aromatic heterocycles. The van der Waals surface area contributed by atoms with Crippen molar-refractivity contribution in [1.29, 1.82) is 0 Å². The summed E-state index contributed by atoms with van der Waals surface area (Å²) < 4.78 is 2.25. The van der Waals surface area contributed by atoms with Crippen molar-refractivity contribution >= 4 is 35.2 Å². The Hall–Kier alpha value is -1.73. The van der Waals surface area contributed by atoms with Crippen LogP contribution in [0.25, 0.3) is 0 Å². The average molecular weight is 420 g/mol. The van der Waals surface area contributed by atoms with Gasteiger partial charge in [-0.1, -0.05) is 42.4 Å². The summed E-state index contributed by atoms with van der Waals surface area (Å²) in [5, 5.41) is 13.5. The number of anilines is 1. The molecule has 1 aliphatic heterocycles. The van der Waals surface area contributed by atoms with Gasteiger partial charge in [0, 0.05) is 24.2 Å². The van der Waals surface area contributed by atoms with Gasteiger partial charge in [0.05, 0.1) is 11.8 Å². The molecule has 2 aliphatic rings. The van der Waals surface area contributed by atoms with Crippen molar-refractivity contribution in [3.05, 3.63) is 34.9 Å². The zero-order valence-electron chi connectivity index (χ0n) is 16.1. The zero-order chi connectivity index (χ0) is 19.5. The van der Waals surface area contributed by atoms with Gasteiger partial charge < -0.3 is 10.2 Å². The lowest BCUT2D eigenvalue weighted by atomic mass is 10.0. The van der Waals surface area contributed by atoms with E-state index in [-0.39, 0.29) is 11.9 Å². The molecule has 1 aliphatic carbocycles. The first kappa shape index (κ1) is 19.6. The number of nitrogens with one attached hydrogen (secondary N) is 1. The Morgan fingerprint density at radius 3 is 2.61 bits per heavy atom. The molecule has 1 atom stereocenters. The maximum Gasteiger partial charge on any atom is 0.230 e. The molecule has 6 nitrogen and oxygen atoms in total. The molecule has 8 heteroatoms. The van der Waals surface area contributed by atoms with Crippen LogP contribution in [0.15, 0.2) is 29.4 Å². The third-order valence-electron chi connectivity index (χ3n) is 5.30. The average Bonchev–Trinajstić information content (AvgIpc) is 3.22. The third-order valence-corrected chi connectivity index (χ3v) is 6.49. The van der Waals surface area contributed by atoms with Crippen molar-refractivity contribution in [3.63, 3.8) is 0 Å². The van der Waals surface area contributed by atoms with Crippen LogP contribution in [0.4, 0.5) is 5.95 Å². The van der Waals surface area contributed by atoms with E-state index < -0.39 is 0 Å². The fourth-order valence-corrected chi connectivity index (χ4v) is 4.57. The van der Waals surface area contributed by atoms with Crippen LogP contribution in [0.5, 0.6) is 0 Å². The van der Waals surface area contributed by atoms with E-state index in [1.54, 1.807) is 0 Å². The van der Waals surface area contributed by atoms with Crippen LogP contribution in [0.1, 0.15) is 56.7 Å². The highest BCUT2D eigenvalue weighted by Crippen LogP contribution is 2.41. The molecule has 1 unspecified atom stereocenters. The smallest absolute Gasteiger partial charge is 0.230 e. The van der Waals surface area contributed by atoms with Crippen molar-refractivity contribution in [2.45, 2.75) is 56.3 Å². The van der Waals surface area contributed by atoms with Crippen LogP contribution in [0, 0.1) is 0 Å². The third kappa shape index (κ3) is 4.46. The number of carbonyl (C=O) groups is 1. The van der Waals surface area contributed by atoms with Gasteiger partial charge in [-0.3, -0.25) is 9.36 Å². The molecule has 1 aromatic carbocycles. The lowest BCUT2D eigenvalue weighted by Crippen LogP contribution is -2.29. The van der Waals surface area contributed by atoms with Crippen LogP contribution in [0.3, 0.4) is 0 Å². The first-order valence-electron chi connectivity index (χ1n) is 10.0. The van der Waals surface area contributed by atoms with Crippen LogP contribution >= 0.6 is 23.4 Å². The number of hydrogen-bond acceptors (Lipinski definition) is 5. The second kappa shape index (κ2) is 8.74. The first-order valence-corrected chi connectivity index (χ1v) is 11.4. The number of halogens is 1. The van der Waals surface area contributed by atoms with Crippen molar-refractivity contribution in [1.82, 2.24) is 20.1 Å². The molecule has 0 radical (unpaired) electrons. The number of carbonyl (C=O) groups excluding carboxylic acids is 1. The maximum atomic E-state index is 12.6. The maximum absolute atomic E-state index is 12.6. The van der Waals surface area contributed by atoms with Gasteiger partial charge in [0.1, 0.15) is 0 Å². The summed E-state index contributed by atoms with van der Waals surface area (Å²) in [6.07, 6.45) is 5.60. The van der Waals surface area contributed by atoms with Gasteiger partial charge in [-0.05, 0) is 49.8 Å². The highest BCUT2D eigenvalue weighted by Gasteiger charge is 2.32. The number of hydrogen-bond donors (Lipinski definition) is 1. The van der Waals surface area contributed by atoms with E-state index in [9.17, 15) is 4.79 Å². The minimum atomic E-state index is -0.00757. The van der Waals surface area contributed by atoms with Gasteiger partial charge in [-0.15, -0.1) is 10.2 Å². The quantitative estimate of drug-likeness (QED) is 0.649. The summed E-state index contributed by atoms with van der Waals surface area (Å²) in [6, 6.07) is 8.14. The minimum absolute atomic E-state index is 0.00757. The van der Waals surface area contributed by atoms with Crippen LogP contribution in [-0.4, -0.2) is 39.5 Å². The van der Waals surface area contributed by atoms with E-state index >= 15 is 0 Å². The Morgan fingerprint density at radius 1 is 1.25 bits per heavy atom. The number of aromatic nitrogens is 3. The second-order valence-electron chi connectivity index (χ2n) is 7.45. The van der Waals surface area contributed by atoms with E-state index in [2.05, 4.69) is 31.9 Å². The molecule has 0 bridgehead atoms. The molecule has 0 spiro atoms. The topological polar surface area (TPSA) is 63.1 Å². The van der Waals surface area contributed by atoms with Gasteiger partial charge in [-0.2, -0.15) is 0 Å². The molecule has 1 saturated carbocycles. The molecule has 1 N–H and O–H groups in total. The van der Waals surface area contributed by atoms with Crippen molar-refractivity contribution < 1.29 is 4.79 Å². The highest BCUT2D eigenvalue weighted by atomic mass is 35.5. The number of thioether (sulfide) groups is 1. The van der Waals surface area contributed by atoms with E-state index in [1.807, 2.05) is 24.3 Å². The number of nitrogens with zero attached hydrogens (tertiary/aromatic N) is 4. The highest BCUT2D eigenvalue weighted by molar-refractivity contribution is 7.99. The molecule has 2 heterocycles. The number of amides is 1. The van der Waals surface area contributed by atoms with E-state index in [1.165, 1.54) is 37.4 Å².